The van der Waals surface area contributed by atoms with Gasteiger partial charge in [-0.1, -0.05) is 30.3 Å². The number of ether oxygens (including phenoxy) is 1. The first-order valence-electron chi connectivity index (χ1n) is 11.0. The second-order valence-electron chi connectivity index (χ2n) is 7.99. The van der Waals surface area contributed by atoms with Crippen molar-refractivity contribution in [2.75, 3.05) is 19.7 Å². The van der Waals surface area contributed by atoms with E-state index in [9.17, 15) is 9.90 Å². The molecular formula is C25H29N3O3. The highest BCUT2D eigenvalue weighted by molar-refractivity contribution is 5.94. The maximum atomic E-state index is 12.9. The second-order valence-corrected chi connectivity index (χ2v) is 7.99. The number of hydrogen-bond donors (Lipinski definition) is 1. The molecule has 6 nitrogen and oxygen atoms in total. The SMILES string of the molecule is CCOc1ccc(CCC2CCN(C(=O)c3nn(-c4ccccc4)cc3O)CC2)cc1. The van der Waals surface area contributed by atoms with Crippen LogP contribution in [0.1, 0.15) is 42.2 Å². The molecule has 0 atom stereocenters. The number of aromatic nitrogens is 2. The number of rotatable bonds is 7. The van der Waals surface area contributed by atoms with Crippen LogP contribution in [0.25, 0.3) is 5.69 Å². The molecule has 4 rings (SSSR count). The number of para-hydroxylation sites is 1. The molecule has 162 valence electrons. The van der Waals surface area contributed by atoms with Crippen molar-refractivity contribution in [2.24, 2.45) is 5.92 Å². The molecule has 1 aliphatic rings. The maximum absolute atomic E-state index is 12.9. The lowest BCUT2D eigenvalue weighted by Gasteiger charge is -2.31. The highest BCUT2D eigenvalue weighted by Gasteiger charge is 2.27. The number of nitrogens with zero attached hydrogens (tertiary/aromatic N) is 3. The van der Waals surface area contributed by atoms with Crippen LogP contribution in [0.5, 0.6) is 11.5 Å². The van der Waals surface area contributed by atoms with Crippen molar-refractivity contribution in [3.05, 3.63) is 72.1 Å². The Bertz CT molecular complexity index is 991. The Morgan fingerprint density at radius 1 is 1.10 bits per heavy atom. The fraction of sp³-hybridized carbons (Fsp3) is 0.360. The number of hydrogen-bond acceptors (Lipinski definition) is 4. The number of benzene rings is 2. The summed E-state index contributed by atoms with van der Waals surface area (Å²) < 4.78 is 7.05. The van der Waals surface area contributed by atoms with Crippen molar-refractivity contribution in [1.82, 2.24) is 14.7 Å². The van der Waals surface area contributed by atoms with E-state index in [1.54, 1.807) is 4.68 Å². The van der Waals surface area contributed by atoms with E-state index in [-0.39, 0.29) is 17.4 Å². The van der Waals surface area contributed by atoms with Gasteiger partial charge in [-0.05, 0) is 68.4 Å². The van der Waals surface area contributed by atoms with E-state index in [1.807, 2.05) is 54.3 Å². The van der Waals surface area contributed by atoms with Crippen LogP contribution in [-0.2, 0) is 6.42 Å². The lowest BCUT2D eigenvalue weighted by Crippen LogP contribution is -2.38. The number of carbonyl (C=O) groups excluding carboxylic acids is 1. The van der Waals surface area contributed by atoms with Gasteiger partial charge in [0.25, 0.3) is 5.91 Å². The third-order valence-electron chi connectivity index (χ3n) is 5.90. The van der Waals surface area contributed by atoms with Gasteiger partial charge in [0, 0.05) is 13.1 Å². The number of aryl methyl sites for hydroxylation is 1. The average molecular weight is 420 g/mol. The van der Waals surface area contributed by atoms with Crippen LogP contribution in [0.15, 0.2) is 60.8 Å². The van der Waals surface area contributed by atoms with Crippen LogP contribution >= 0.6 is 0 Å². The van der Waals surface area contributed by atoms with Crippen molar-refractivity contribution in [1.29, 1.82) is 0 Å². The van der Waals surface area contributed by atoms with Crippen LogP contribution < -0.4 is 4.74 Å². The molecule has 31 heavy (non-hydrogen) atoms. The smallest absolute Gasteiger partial charge is 0.278 e. The van der Waals surface area contributed by atoms with E-state index in [2.05, 4.69) is 17.2 Å². The fourth-order valence-corrected chi connectivity index (χ4v) is 4.09. The van der Waals surface area contributed by atoms with Gasteiger partial charge in [-0.3, -0.25) is 4.79 Å². The first-order chi connectivity index (χ1) is 15.1. The van der Waals surface area contributed by atoms with E-state index in [0.29, 0.717) is 25.6 Å². The third-order valence-corrected chi connectivity index (χ3v) is 5.90. The van der Waals surface area contributed by atoms with Gasteiger partial charge in [-0.15, -0.1) is 0 Å². The zero-order valence-electron chi connectivity index (χ0n) is 17.9. The summed E-state index contributed by atoms with van der Waals surface area (Å²) in [5, 5.41) is 14.6. The summed E-state index contributed by atoms with van der Waals surface area (Å²) in [6, 6.07) is 17.8. The highest BCUT2D eigenvalue weighted by atomic mass is 16.5. The summed E-state index contributed by atoms with van der Waals surface area (Å²) in [7, 11) is 0. The van der Waals surface area contributed by atoms with E-state index < -0.39 is 0 Å². The summed E-state index contributed by atoms with van der Waals surface area (Å²) in [6.45, 7) is 4.07. The molecule has 0 aliphatic carbocycles. The van der Waals surface area contributed by atoms with Crippen LogP contribution in [-0.4, -0.2) is 45.4 Å². The van der Waals surface area contributed by atoms with Gasteiger partial charge in [0.05, 0.1) is 18.5 Å². The standard InChI is InChI=1S/C25H29N3O3/c1-2-31-22-12-10-19(11-13-22)8-9-20-14-16-27(17-15-20)25(30)24-23(29)18-28(26-24)21-6-4-3-5-7-21/h3-7,10-13,18,20,29H,2,8-9,14-17H2,1H3. The Balaban J connectivity index is 1.29. The lowest BCUT2D eigenvalue weighted by molar-refractivity contribution is 0.0677. The van der Waals surface area contributed by atoms with E-state index >= 15 is 0 Å². The van der Waals surface area contributed by atoms with E-state index in [0.717, 1.165) is 37.1 Å². The molecule has 1 aliphatic heterocycles. The second kappa shape index (κ2) is 9.69. The number of piperidine rings is 1. The molecule has 1 fully saturated rings. The van der Waals surface area contributed by atoms with Crippen molar-refractivity contribution in [3.8, 4) is 17.2 Å². The van der Waals surface area contributed by atoms with Crippen LogP contribution in [0.2, 0.25) is 0 Å². The zero-order chi connectivity index (χ0) is 21.6. The molecule has 0 radical (unpaired) electrons. The highest BCUT2D eigenvalue weighted by Crippen LogP contribution is 2.26. The van der Waals surface area contributed by atoms with Crippen molar-refractivity contribution in [3.63, 3.8) is 0 Å². The predicted molar refractivity (Wildman–Crippen MR) is 120 cm³/mol. The summed E-state index contributed by atoms with van der Waals surface area (Å²) in [4.78, 5) is 14.7. The molecule has 0 saturated carbocycles. The van der Waals surface area contributed by atoms with Crippen molar-refractivity contribution < 1.29 is 14.6 Å². The maximum Gasteiger partial charge on any atom is 0.278 e. The van der Waals surface area contributed by atoms with Gasteiger partial charge in [-0.25, -0.2) is 4.68 Å². The lowest BCUT2D eigenvalue weighted by atomic mass is 9.90. The minimum Gasteiger partial charge on any atom is -0.504 e. The average Bonchev–Trinajstić information content (AvgIpc) is 3.21. The molecule has 1 saturated heterocycles. The monoisotopic (exact) mass is 419 g/mol. The summed E-state index contributed by atoms with van der Waals surface area (Å²) in [6.07, 6.45) is 5.59. The first-order valence-corrected chi connectivity index (χ1v) is 11.0. The van der Waals surface area contributed by atoms with Gasteiger partial charge in [0.15, 0.2) is 11.4 Å². The quantitative estimate of drug-likeness (QED) is 0.614. The molecule has 0 unspecified atom stereocenters. The first kappa shape index (κ1) is 21.0. The van der Waals surface area contributed by atoms with E-state index in [1.165, 1.54) is 11.8 Å². The zero-order valence-corrected chi connectivity index (χ0v) is 17.9. The minimum absolute atomic E-state index is 0.0773. The molecular weight excluding hydrogens is 390 g/mol. The third kappa shape index (κ3) is 5.08. The van der Waals surface area contributed by atoms with Crippen molar-refractivity contribution >= 4 is 5.91 Å². The molecule has 2 aromatic carbocycles. The van der Waals surface area contributed by atoms with Crippen molar-refractivity contribution in [2.45, 2.75) is 32.6 Å². The molecule has 3 aromatic rings. The van der Waals surface area contributed by atoms with Gasteiger partial charge in [0.2, 0.25) is 0 Å². The molecule has 2 heterocycles. The minimum atomic E-state index is -0.197. The topological polar surface area (TPSA) is 67.6 Å². The fourth-order valence-electron chi connectivity index (χ4n) is 4.09. The van der Waals surface area contributed by atoms with Gasteiger partial charge < -0.3 is 14.7 Å². The Labute approximate surface area is 183 Å². The normalized spacial score (nSPS) is 14.5. The summed E-state index contributed by atoms with van der Waals surface area (Å²) in [5.74, 6) is 1.24. The number of aromatic hydroxyl groups is 1. The Hall–Kier alpha value is -3.28. The Morgan fingerprint density at radius 2 is 1.81 bits per heavy atom. The van der Waals surface area contributed by atoms with Crippen LogP contribution in [0, 0.1) is 5.92 Å². The Kier molecular flexibility index (Phi) is 6.55. The van der Waals surface area contributed by atoms with Gasteiger partial charge in [-0.2, -0.15) is 5.10 Å². The van der Waals surface area contributed by atoms with E-state index in [4.69, 9.17) is 4.74 Å². The Morgan fingerprint density at radius 3 is 2.48 bits per heavy atom. The number of amides is 1. The molecule has 0 bridgehead atoms. The molecule has 6 heteroatoms. The largest absolute Gasteiger partial charge is 0.504 e. The summed E-state index contributed by atoms with van der Waals surface area (Å²) in [5.41, 5.74) is 2.25. The molecule has 1 N–H and O–H groups in total. The van der Waals surface area contributed by atoms with Gasteiger partial charge in [0.1, 0.15) is 5.75 Å². The number of likely N-dealkylation sites (tertiary alicyclic amines) is 1. The predicted octanol–water partition coefficient (Wildman–Crippen LogP) is 4.46. The van der Waals surface area contributed by atoms with Crippen LogP contribution in [0.3, 0.4) is 0 Å². The van der Waals surface area contributed by atoms with Gasteiger partial charge >= 0.3 is 0 Å². The van der Waals surface area contributed by atoms with Crippen LogP contribution in [0.4, 0.5) is 0 Å². The summed E-state index contributed by atoms with van der Waals surface area (Å²) >= 11 is 0. The molecule has 0 spiro atoms. The number of carbonyl (C=O) groups is 1. The molecule has 1 amide bonds. The molecule has 1 aromatic heterocycles.